The van der Waals surface area contributed by atoms with Gasteiger partial charge in [0.1, 0.15) is 23.1 Å². The number of aromatic nitrogens is 1. The van der Waals surface area contributed by atoms with E-state index in [9.17, 15) is 4.79 Å². The molecule has 6 heteroatoms. The summed E-state index contributed by atoms with van der Waals surface area (Å²) in [5, 5.41) is 5.45. The number of hydrogen-bond donors (Lipinski definition) is 1. The zero-order valence-corrected chi connectivity index (χ0v) is 15.5. The molecule has 1 heterocycles. The van der Waals surface area contributed by atoms with Crippen molar-refractivity contribution in [2.24, 2.45) is 0 Å². The second-order valence-corrected chi connectivity index (χ2v) is 6.59. The molecule has 0 aliphatic rings. The molecule has 134 valence electrons. The highest BCUT2D eigenvalue weighted by Crippen LogP contribution is 2.25. The number of benzene rings is 2. The Kier molecular flexibility index (Phi) is 5.99. The van der Waals surface area contributed by atoms with E-state index in [1.165, 1.54) is 16.9 Å². The largest absolute Gasteiger partial charge is 0.491 e. The molecule has 0 atom stereocenters. The molecule has 26 heavy (non-hydrogen) atoms. The quantitative estimate of drug-likeness (QED) is 0.628. The Hall–Kier alpha value is -2.70. The summed E-state index contributed by atoms with van der Waals surface area (Å²) in [6.07, 6.45) is 0. The van der Waals surface area contributed by atoms with Crippen molar-refractivity contribution < 1.29 is 14.3 Å². The van der Waals surface area contributed by atoms with Crippen LogP contribution in [0.4, 0.5) is 5.69 Å². The number of amides is 1. The van der Waals surface area contributed by atoms with Crippen molar-refractivity contribution >= 4 is 22.9 Å². The number of carbonyl (C=O) groups excluding carboxylic acids is 1. The fourth-order valence-corrected chi connectivity index (χ4v) is 3.11. The third-order valence-corrected chi connectivity index (χ3v) is 4.57. The lowest BCUT2D eigenvalue weighted by molar-refractivity contribution is 0.102. The molecule has 0 bridgehead atoms. The van der Waals surface area contributed by atoms with E-state index in [4.69, 9.17) is 9.47 Å². The molecule has 0 fully saturated rings. The molecular formula is C20H20N2O3S. The van der Waals surface area contributed by atoms with Gasteiger partial charge >= 0.3 is 0 Å². The predicted octanol–water partition coefficient (Wildman–Crippen LogP) is 4.40. The first-order valence-corrected chi connectivity index (χ1v) is 9.09. The van der Waals surface area contributed by atoms with Crippen LogP contribution in [0.25, 0.3) is 10.6 Å². The standard InChI is InChI=1S/C20H20N2O3S/c1-14-6-8-15(9-7-14)20-22-18(13-26-20)19(23)21-16-4-3-5-17(12-16)25-11-10-24-2/h3-9,12-13H,10-11H2,1-2H3,(H,21,23). The second kappa shape index (κ2) is 8.60. The Morgan fingerprint density at radius 3 is 2.73 bits per heavy atom. The molecule has 2 aromatic carbocycles. The lowest BCUT2D eigenvalue weighted by Gasteiger charge is -2.08. The first-order chi connectivity index (χ1) is 12.7. The molecule has 1 N–H and O–H groups in total. The van der Waals surface area contributed by atoms with Gasteiger partial charge in [-0.2, -0.15) is 0 Å². The van der Waals surface area contributed by atoms with Crippen LogP contribution >= 0.6 is 11.3 Å². The monoisotopic (exact) mass is 368 g/mol. The first kappa shape index (κ1) is 18.1. The molecule has 0 aliphatic carbocycles. The lowest BCUT2D eigenvalue weighted by Crippen LogP contribution is -2.12. The van der Waals surface area contributed by atoms with Gasteiger partial charge in [-0.15, -0.1) is 11.3 Å². The number of aryl methyl sites for hydroxylation is 1. The molecule has 0 radical (unpaired) electrons. The molecule has 3 rings (SSSR count). The zero-order valence-electron chi connectivity index (χ0n) is 14.7. The van der Waals surface area contributed by atoms with Crippen LogP contribution < -0.4 is 10.1 Å². The van der Waals surface area contributed by atoms with Gasteiger partial charge in [-0.25, -0.2) is 4.98 Å². The molecule has 1 aromatic heterocycles. The molecule has 0 aliphatic heterocycles. The second-order valence-electron chi connectivity index (χ2n) is 5.73. The molecule has 3 aromatic rings. The van der Waals surface area contributed by atoms with Crippen LogP contribution in [0, 0.1) is 6.92 Å². The highest BCUT2D eigenvalue weighted by atomic mass is 32.1. The average molecular weight is 368 g/mol. The van der Waals surface area contributed by atoms with Crippen molar-refractivity contribution in [3.05, 3.63) is 65.2 Å². The maximum absolute atomic E-state index is 12.5. The summed E-state index contributed by atoms with van der Waals surface area (Å²) in [6, 6.07) is 15.3. The Morgan fingerprint density at radius 2 is 1.96 bits per heavy atom. The summed E-state index contributed by atoms with van der Waals surface area (Å²) in [6.45, 7) is 3.01. The summed E-state index contributed by atoms with van der Waals surface area (Å²) in [5.74, 6) is 0.437. The van der Waals surface area contributed by atoms with Crippen LogP contribution in [0.2, 0.25) is 0 Å². The fourth-order valence-electron chi connectivity index (χ4n) is 2.31. The van der Waals surface area contributed by atoms with E-state index >= 15 is 0 Å². The number of methoxy groups -OCH3 is 1. The Morgan fingerprint density at radius 1 is 1.15 bits per heavy atom. The van der Waals surface area contributed by atoms with Gasteiger partial charge in [0.2, 0.25) is 0 Å². The normalized spacial score (nSPS) is 10.5. The van der Waals surface area contributed by atoms with E-state index in [0.29, 0.717) is 30.3 Å². The molecular weight excluding hydrogens is 348 g/mol. The van der Waals surface area contributed by atoms with E-state index in [1.54, 1.807) is 18.6 Å². The minimum absolute atomic E-state index is 0.242. The minimum Gasteiger partial charge on any atom is -0.491 e. The molecule has 0 spiro atoms. The number of thiazole rings is 1. The lowest BCUT2D eigenvalue weighted by atomic mass is 10.2. The van der Waals surface area contributed by atoms with Gasteiger partial charge in [0.25, 0.3) is 5.91 Å². The summed E-state index contributed by atoms with van der Waals surface area (Å²) in [4.78, 5) is 16.9. The van der Waals surface area contributed by atoms with E-state index in [-0.39, 0.29) is 5.91 Å². The van der Waals surface area contributed by atoms with Crippen LogP contribution in [-0.4, -0.2) is 31.2 Å². The van der Waals surface area contributed by atoms with Crippen molar-refractivity contribution in [3.63, 3.8) is 0 Å². The number of hydrogen-bond acceptors (Lipinski definition) is 5. The van der Waals surface area contributed by atoms with Gasteiger partial charge in [0.05, 0.1) is 6.61 Å². The zero-order chi connectivity index (χ0) is 18.4. The Bertz CT molecular complexity index is 875. The predicted molar refractivity (Wildman–Crippen MR) is 104 cm³/mol. The Balaban J connectivity index is 1.67. The molecule has 0 saturated carbocycles. The van der Waals surface area contributed by atoms with Crippen LogP contribution in [-0.2, 0) is 4.74 Å². The molecule has 1 amide bonds. The average Bonchev–Trinajstić information content (AvgIpc) is 3.13. The molecule has 0 unspecified atom stereocenters. The van der Waals surface area contributed by atoms with Gasteiger partial charge in [0, 0.05) is 29.8 Å². The SMILES string of the molecule is COCCOc1cccc(NC(=O)c2csc(-c3ccc(C)cc3)n2)c1. The van der Waals surface area contributed by atoms with Gasteiger partial charge in [-0.05, 0) is 19.1 Å². The third kappa shape index (κ3) is 4.68. The van der Waals surface area contributed by atoms with E-state index in [2.05, 4.69) is 10.3 Å². The first-order valence-electron chi connectivity index (χ1n) is 8.21. The highest BCUT2D eigenvalue weighted by Gasteiger charge is 2.12. The summed E-state index contributed by atoms with van der Waals surface area (Å²) < 4.78 is 10.5. The van der Waals surface area contributed by atoms with Crippen LogP contribution in [0.5, 0.6) is 5.75 Å². The topological polar surface area (TPSA) is 60.5 Å². The van der Waals surface area contributed by atoms with Crippen LogP contribution in [0.1, 0.15) is 16.1 Å². The van der Waals surface area contributed by atoms with Crippen LogP contribution in [0.15, 0.2) is 53.9 Å². The van der Waals surface area contributed by atoms with E-state index in [0.717, 1.165) is 10.6 Å². The summed E-state index contributed by atoms with van der Waals surface area (Å²) in [7, 11) is 1.62. The Labute approximate surface area is 156 Å². The minimum atomic E-state index is -0.242. The van der Waals surface area contributed by atoms with Crippen molar-refractivity contribution in [2.45, 2.75) is 6.92 Å². The van der Waals surface area contributed by atoms with Crippen molar-refractivity contribution in [3.8, 4) is 16.3 Å². The number of nitrogens with one attached hydrogen (secondary N) is 1. The number of carbonyl (C=O) groups is 1. The molecule has 0 saturated heterocycles. The van der Waals surface area contributed by atoms with Gasteiger partial charge in [-0.1, -0.05) is 35.9 Å². The third-order valence-electron chi connectivity index (χ3n) is 3.68. The van der Waals surface area contributed by atoms with E-state index < -0.39 is 0 Å². The number of nitrogens with zero attached hydrogens (tertiary/aromatic N) is 1. The fraction of sp³-hybridized carbons (Fsp3) is 0.200. The van der Waals surface area contributed by atoms with Crippen molar-refractivity contribution in [1.82, 2.24) is 4.98 Å². The summed E-state index contributed by atoms with van der Waals surface area (Å²) >= 11 is 1.45. The van der Waals surface area contributed by atoms with Gasteiger partial charge in [-0.3, -0.25) is 4.79 Å². The number of ether oxygens (including phenoxy) is 2. The van der Waals surface area contributed by atoms with Gasteiger partial charge in [0.15, 0.2) is 0 Å². The summed E-state index contributed by atoms with van der Waals surface area (Å²) in [5.41, 5.74) is 3.26. The van der Waals surface area contributed by atoms with Crippen molar-refractivity contribution in [2.75, 3.05) is 25.6 Å². The smallest absolute Gasteiger partial charge is 0.275 e. The van der Waals surface area contributed by atoms with Gasteiger partial charge < -0.3 is 14.8 Å². The van der Waals surface area contributed by atoms with E-state index in [1.807, 2.05) is 49.4 Å². The molecule has 5 nitrogen and oxygen atoms in total. The maximum Gasteiger partial charge on any atom is 0.275 e. The number of anilines is 1. The van der Waals surface area contributed by atoms with Crippen LogP contribution in [0.3, 0.4) is 0 Å². The maximum atomic E-state index is 12.5. The van der Waals surface area contributed by atoms with Crippen molar-refractivity contribution in [1.29, 1.82) is 0 Å². The highest BCUT2D eigenvalue weighted by molar-refractivity contribution is 7.13. The number of rotatable bonds is 7.